The highest BCUT2D eigenvalue weighted by Gasteiger charge is 2.22. The van der Waals surface area contributed by atoms with Gasteiger partial charge in [-0.25, -0.2) is 4.57 Å². The molecule has 9 heteroatoms. The number of unbranched alkanes of at least 4 members (excludes halogenated alkanes) is 20. The Balaban J connectivity index is 3.95. The number of rotatable bonds is 32. The summed E-state index contributed by atoms with van der Waals surface area (Å²) in [5.74, 6) is -0.892. The molecular weight excluding hydrogens is 567 g/mol. The topological polar surface area (TPSA) is 119 Å². The van der Waals surface area contributed by atoms with Gasteiger partial charge in [0, 0.05) is 12.8 Å². The molecule has 0 rings (SSSR count). The van der Waals surface area contributed by atoms with Crippen molar-refractivity contribution in [1.82, 2.24) is 0 Å². The number of carbonyl (C=O) groups is 2. The number of ether oxygens (including phenoxy) is 2. The van der Waals surface area contributed by atoms with Crippen molar-refractivity contribution >= 4 is 19.8 Å². The van der Waals surface area contributed by atoms with E-state index in [1.807, 2.05) is 0 Å². The van der Waals surface area contributed by atoms with Gasteiger partial charge < -0.3 is 19.3 Å². The van der Waals surface area contributed by atoms with E-state index >= 15 is 0 Å². The molecule has 0 saturated heterocycles. The van der Waals surface area contributed by atoms with E-state index < -0.39 is 32.5 Å². The highest BCUT2D eigenvalue weighted by Crippen LogP contribution is 2.36. The Morgan fingerprint density at radius 2 is 1.02 bits per heavy atom. The van der Waals surface area contributed by atoms with Crippen LogP contribution in [0.4, 0.5) is 0 Å². The molecular formula is C34H65O8P. The van der Waals surface area contributed by atoms with Gasteiger partial charge in [-0.3, -0.25) is 14.1 Å². The molecule has 2 N–H and O–H groups in total. The molecule has 0 aliphatic carbocycles. The van der Waals surface area contributed by atoms with Gasteiger partial charge in [-0.2, -0.15) is 0 Å². The summed E-state index contributed by atoms with van der Waals surface area (Å²) >= 11 is 0. The molecule has 1 unspecified atom stereocenters. The summed E-state index contributed by atoms with van der Waals surface area (Å²) < 4.78 is 26.2. The van der Waals surface area contributed by atoms with Crippen molar-refractivity contribution in [2.75, 3.05) is 13.2 Å². The lowest BCUT2D eigenvalue weighted by Crippen LogP contribution is -2.29. The molecule has 0 saturated carbocycles. The lowest BCUT2D eigenvalue weighted by atomic mass is 10.0. The Morgan fingerprint density at radius 3 is 1.51 bits per heavy atom. The van der Waals surface area contributed by atoms with Gasteiger partial charge in [-0.15, -0.1) is 0 Å². The molecule has 0 aliphatic heterocycles. The lowest BCUT2D eigenvalue weighted by molar-refractivity contribution is -0.161. The fraction of sp³-hybridized carbons (Fsp3) is 0.882. The molecule has 0 amide bonds. The zero-order valence-electron chi connectivity index (χ0n) is 27.6. The summed E-state index contributed by atoms with van der Waals surface area (Å²) in [5, 5.41) is 0. The molecule has 0 aromatic heterocycles. The summed E-state index contributed by atoms with van der Waals surface area (Å²) in [6, 6.07) is 0. The molecule has 43 heavy (non-hydrogen) atoms. The van der Waals surface area contributed by atoms with Crippen LogP contribution in [0.1, 0.15) is 174 Å². The molecule has 0 heterocycles. The van der Waals surface area contributed by atoms with Gasteiger partial charge in [0.1, 0.15) is 6.61 Å². The molecule has 8 nitrogen and oxygen atoms in total. The van der Waals surface area contributed by atoms with E-state index in [1.165, 1.54) is 83.5 Å². The minimum absolute atomic E-state index is 0.204. The average Bonchev–Trinajstić information content (AvgIpc) is 2.97. The number of esters is 2. The van der Waals surface area contributed by atoms with Crippen LogP contribution in [-0.4, -0.2) is 41.0 Å². The SMILES string of the molecule is CCC/C=C\CCCCCCCC(=O)OC(COC(=O)CCCCCCCCCCCCCCCCC)COP(=O)(O)O. The number of phosphoric ester groups is 1. The van der Waals surface area contributed by atoms with Crippen LogP contribution in [0.15, 0.2) is 12.2 Å². The fourth-order valence-corrected chi connectivity index (χ4v) is 5.26. The Morgan fingerprint density at radius 1 is 0.581 bits per heavy atom. The molecule has 0 fully saturated rings. The van der Waals surface area contributed by atoms with Gasteiger partial charge in [-0.05, 0) is 32.1 Å². The number of allylic oxidation sites excluding steroid dienone is 2. The van der Waals surface area contributed by atoms with Crippen LogP contribution in [0.2, 0.25) is 0 Å². The van der Waals surface area contributed by atoms with Crippen molar-refractivity contribution in [3.63, 3.8) is 0 Å². The second-order valence-electron chi connectivity index (χ2n) is 11.8. The van der Waals surface area contributed by atoms with Crippen molar-refractivity contribution < 1.29 is 37.9 Å². The highest BCUT2D eigenvalue weighted by atomic mass is 31.2. The van der Waals surface area contributed by atoms with Gasteiger partial charge in [0.25, 0.3) is 0 Å². The first-order valence-corrected chi connectivity index (χ1v) is 19.0. The van der Waals surface area contributed by atoms with E-state index in [2.05, 4.69) is 30.5 Å². The summed E-state index contributed by atoms with van der Waals surface area (Å²) in [6.07, 6.45) is 30.8. The molecule has 0 spiro atoms. The van der Waals surface area contributed by atoms with Crippen LogP contribution >= 0.6 is 7.82 Å². The van der Waals surface area contributed by atoms with Gasteiger partial charge in [0.05, 0.1) is 6.61 Å². The Labute approximate surface area is 263 Å². The van der Waals surface area contributed by atoms with Gasteiger partial charge in [-0.1, -0.05) is 142 Å². The van der Waals surface area contributed by atoms with E-state index in [4.69, 9.17) is 19.3 Å². The van der Waals surface area contributed by atoms with Crippen molar-refractivity contribution in [2.45, 2.75) is 180 Å². The summed E-state index contributed by atoms with van der Waals surface area (Å²) in [4.78, 5) is 42.5. The first kappa shape index (κ1) is 41.8. The van der Waals surface area contributed by atoms with Gasteiger partial charge >= 0.3 is 19.8 Å². The van der Waals surface area contributed by atoms with Crippen LogP contribution < -0.4 is 0 Å². The molecule has 0 bridgehead atoms. The third kappa shape index (κ3) is 33.5. The first-order valence-electron chi connectivity index (χ1n) is 17.5. The molecule has 0 aromatic rings. The van der Waals surface area contributed by atoms with E-state index in [-0.39, 0.29) is 19.4 Å². The van der Waals surface area contributed by atoms with Crippen LogP contribution in [0, 0.1) is 0 Å². The monoisotopic (exact) mass is 632 g/mol. The zero-order valence-corrected chi connectivity index (χ0v) is 28.5. The maximum atomic E-state index is 12.3. The van der Waals surface area contributed by atoms with E-state index in [0.29, 0.717) is 6.42 Å². The Hall–Kier alpha value is -1.21. The summed E-state index contributed by atoms with van der Waals surface area (Å²) in [6.45, 7) is 3.60. The molecule has 0 aromatic carbocycles. The van der Waals surface area contributed by atoms with E-state index in [0.717, 1.165) is 57.8 Å². The van der Waals surface area contributed by atoms with Crippen LogP contribution in [0.25, 0.3) is 0 Å². The minimum atomic E-state index is -4.74. The van der Waals surface area contributed by atoms with Crippen LogP contribution in [-0.2, 0) is 28.2 Å². The molecule has 254 valence electrons. The maximum Gasteiger partial charge on any atom is 0.469 e. The average molecular weight is 633 g/mol. The Bertz CT molecular complexity index is 721. The lowest BCUT2D eigenvalue weighted by Gasteiger charge is -2.18. The minimum Gasteiger partial charge on any atom is -0.462 e. The van der Waals surface area contributed by atoms with Crippen LogP contribution in [0.5, 0.6) is 0 Å². The zero-order chi connectivity index (χ0) is 31.9. The predicted octanol–water partition coefficient (Wildman–Crippen LogP) is 9.90. The van der Waals surface area contributed by atoms with Crippen molar-refractivity contribution in [1.29, 1.82) is 0 Å². The van der Waals surface area contributed by atoms with Crippen molar-refractivity contribution in [2.24, 2.45) is 0 Å². The fourth-order valence-electron chi connectivity index (χ4n) is 4.90. The maximum absolute atomic E-state index is 12.3. The second-order valence-corrected chi connectivity index (χ2v) is 13.1. The number of carbonyl (C=O) groups excluding carboxylic acids is 2. The van der Waals surface area contributed by atoms with Crippen molar-refractivity contribution in [3.8, 4) is 0 Å². The number of phosphoric acid groups is 1. The standard InChI is InChI=1S/C34H65O8P/c1-3-5-7-9-11-13-15-16-17-18-19-21-22-24-26-28-33(35)40-30-32(31-41-43(37,38)39)42-34(36)29-27-25-23-20-14-12-10-8-6-4-2/h8,10,32H,3-7,9,11-31H2,1-2H3,(H2,37,38,39)/b10-8-. The number of hydrogen-bond donors (Lipinski definition) is 2. The highest BCUT2D eigenvalue weighted by molar-refractivity contribution is 7.46. The van der Waals surface area contributed by atoms with E-state index in [1.54, 1.807) is 0 Å². The normalized spacial score (nSPS) is 12.6. The summed E-state index contributed by atoms with van der Waals surface area (Å²) in [5.41, 5.74) is 0. The summed E-state index contributed by atoms with van der Waals surface area (Å²) in [7, 11) is -4.74. The van der Waals surface area contributed by atoms with Crippen molar-refractivity contribution in [3.05, 3.63) is 12.2 Å². The molecule has 1 atom stereocenters. The first-order chi connectivity index (χ1) is 20.8. The third-order valence-corrected chi connectivity index (χ3v) is 8.00. The van der Waals surface area contributed by atoms with Crippen LogP contribution in [0.3, 0.4) is 0 Å². The number of hydrogen-bond acceptors (Lipinski definition) is 6. The molecule has 0 aliphatic rings. The van der Waals surface area contributed by atoms with Gasteiger partial charge in [0.15, 0.2) is 6.10 Å². The third-order valence-electron chi connectivity index (χ3n) is 7.52. The Kier molecular flexibility index (Phi) is 29.9. The smallest absolute Gasteiger partial charge is 0.462 e. The molecule has 0 radical (unpaired) electrons. The van der Waals surface area contributed by atoms with E-state index in [9.17, 15) is 14.2 Å². The largest absolute Gasteiger partial charge is 0.469 e. The second kappa shape index (κ2) is 30.8. The quantitative estimate of drug-likeness (QED) is 0.0325. The predicted molar refractivity (Wildman–Crippen MR) is 175 cm³/mol. The van der Waals surface area contributed by atoms with Gasteiger partial charge in [0.2, 0.25) is 0 Å².